The van der Waals surface area contributed by atoms with E-state index < -0.39 is 5.97 Å². The third-order valence-electron chi connectivity index (χ3n) is 4.02. The first-order chi connectivity index (χ1) is 10.0. The molecule has 0 radical (unpaired) electrons. The molecular formula is C16H18ClFN2O2. The number of carboxylic acid groups (broad SMARTS) is 1. The highest BCUT2D eigenvalue weighted by molar-refractivity contribution is 5.86. The van der Waals surface area contributed by atoms with Gasteiger partial charge in [-0.15, -0.1) is 12.4 Å². The SMILES string of the molecule is Cl.Cn1c(C(=O)O)cc2c1CCN(Cc1cccc(F)c1)C2. The summed E-state index contributed by atoms with van der Waals surface area (Å²) in [5, 5.41) is 9.17. The average Bonchev–Trinajstić information content (AvgIpc) is 2.76. The summed E-state index contributed by atoms with van der Waals surface area (Å²) in [6, 6.07) is 8.35. The molecule has 0 saturated carbocycles. The van der Waals surface area contributed by atoms with Crippen LogP contribution in [0.2, 0.25) is 0 Å². The van der Waals surface area contributed by atoms with Crippen molar-refractivity contribution < 1.29 is 14.3 Å². The van der Waals surface area contributed by atoms with Gasteiger partial charge in [-0.1, -0.05) is 12.1 Å². The number of halogens is 2. The van der Waals surface area contributed by atoms with Crippen molar-refractivity contribution in [2.24, 2.45) is 7.05 Å². The van der Waals surface area contributed by atoms with Crippen molar-refractivity contribution in [1.29, 1.82) is 0 Å². The third kappa shape index (κ3) is 3.15. The van der Waals surface area contributed by atoms with Gasteiger partial charge in [0, 0.05) is 38.8 Å². The zero-order valence-electron chi connectivity index (χ0n) is 12.3. The molecule has 2 heterocycles. The van der Waals surface area contributed by atoms with Crippen LogP contribution in [0.3, 0.4) is 0 Å². The summed E-state index contributed by atoms with van der Waals surface area (Å²) >= 11 is 0. The minimum Gasteiger partial charge on any atom is -0.477 e. The van der Waals surface area contributed by atoms with E-state index in [1.165, 1.54) is 6.07 Å². The Morgan fingerprint density at radius 1 is 1.36 bits per heavy atom. The van der Waals surface area contributed by atoms with E-state index >= 15 is 0 Å². The first-order valence-electron chi connectivity index (χ1n) is 6.92. The molecule has 0 aliphatic carbocycles. The first-order valence-corrected chi connectivity index (χ1v) is 6.92. The molecule has 0 bridgehead atoms. The van der Waals surface area contributed by atoms with E-state index in [1.807, 2.05) is 6.07 Å². The quantitative estimate of drug-likeness (QED) is 0.944. The third-order valence-corrected chi connectivity index (χ3v) is 4.02. The number of nitrogens with zero attached hydrogens (tertiary/aromatic N) is 2. The molecule has 6 heteroatoms. The van der Waals surface area contributed by atoms with Crippen molar-refractivity contribution in [2.75, 3.05) is 6.54 Å². The zero-order chi connectivity index (χ0) is 15.0. The Bertz CT molecular complexity index is 699. The number of carbonyl (C=O) groups is 1. The first kappa shape index (κ1) is 16.5. The molecule has 1 aromatic carbocycles. The van der Waals surface area contributed by atoms with Gasteiger partial charge in [0.2, 0.25) is 0 Å². The van der Waals surface area contributed by atoms with Crippen LogP contribution in [-0.2, 0) is 26.6 Å². The topological polar surface area (TPSA) is 45.5 Å². The van der Waals surface area contributed by atoms with E-state index in [2.05, 4.69) is 4.90 Å². The molecule has 0 fully saturated rings. The summed E-state index contributed by atoms with van der Waals surface area (Å²) in [5.74, 6) is -1.12. The van der Waals surface area contributed by atoms with Crippen molar-refractivity contribution in [3.05, 3.63) is 58.7 Å². The number of fused-ring (bicyclic) bond motifs is 1. The minimum absolute atomic E-state index is 0. The van der Waals surface area contributed by atoms with Crippen LogP contribution in [0.4, 0.5) is 4.39 Å². The zero-order valence-corrected chi connectivity index (χ0v) is 13.1. The van der Waals surface area contributed by atoms with Gasteiger partial charge in [0.05, 0.1) is 0 Å². The van der Waals surface area contributed by atoms with Crippen molar-refractivity contribution in [3.8, 4) is 0 Å². The number of carboxylic acids is 1. The van der Waals surface area contributed by atoms with Gasteiger partial charge in [-0.3, -0.25) is 4.90 Å². The normalized spacial score (nSPS) is 14.3. The monoisotopic (exact) mass is 324 g/mol. The highest BCUT2D eigenvalue weighted by atomic mass is 35.5. The Morgan fingerprint density at radius 2 is 2.14 bits per heavy atom. The van der Waals surface area contributed by atoms with Crippen molar-refractivity contribution >= 4 is 18.4 Å². The molecule has 1 aromatic heterocycles. The molecule has 1 aliphatic heterocycles. The molecule has 22 heavy (non-hydrogen) atoms. The number of aromatic carboxylic acids is 1. The summed E-state index contributed by atoms with van der Waals surface area (Å²) in [6.45, 7) is 2.22. The second-order valence-electron chi connectivity index (χ2n) is 5.46. The van der Waals surface area contributed by atoms with Crippen LogP contribution >= 0.6 is 12.4 Å². The lowest BCUT2D eigenvalue weighted by molar-refractivity contribution is 0.0686. The van der Waals surface area contributed by atoms with Gasteiger partial charge < -0.3 is 9.67 Å². The van der Waals surface area contributed by atoms with Crippen LogP contribution in [-0.4, -0.2) is 27.1 Å². The van der Waals surface area contributed by atoms with Crippen LogP contribution in [0, 0.1) is 5.82 Å². The fourth-order valence-electron chi connectivity index (χ4n) is 2.99. The second-order valence-corrected chi connectivity index (χ2v) is 5.46. The number of rotatable bonds is 3. The van der Waals surface area contributed by atoms with E-state index in [0.29, 0.717) is 18.8 Å². The molecule has 1 N–H and O–H groups in total. The number of benzene rings is 1. The van der Waals surface area contributed by atoms with Gasteiger partial charge in [0.25, 0.3) is 0 Å². The molecule has 0 saturated heterocycles. The molecule has 3 rings (SSSR count). The Labute approximate surface area is 134 Å². The lowest BCUT2D eigenvalue weighted by atomic mass is 10.1. The molecule has 2 aromatic rings. The number of hydrogen-bond donors (Lipinski definition) is 1. The highest BCUT2D eigenvalue weighted by Crippen LogP contribution is 2.23. The maximum absolute atomic E-state index is 13.2. The van der Waals surface area contributed by atoms with Crippen molar-refractivity contribution in [2.45, 2.75) is 19.5 Å². The van der Waals surface area contributed by atoms with Crippen LogP contribution in [0.25, 0.3) is 0 Å². The number of aromatic nitrogens is 1. The summed E-state index contributed by atoms with van der Waals surface area (Å²) in [5.41, 5.74) is 3.40. The van der Waals surface area contributed by atoms with Crippen LogP contribution in [0.5, 0.6) is 0 Å². The van der Waals surface area contributed by atoms with Crippen molar-refractivity contribution in [1.82, 2.24) is 9.47 Å². The van der Waals surface area contributed by atoms with E-state index in [0.717, 1.165) is 29.8 Å². The van der Waals surface area contributed by atoms with Gasteiger partial charge in [0.1, 0.15) is 11.5 Å². The van der Waals surface area contributed by atoms with Gasteiger partial charge in [-0.2, -0.15) is 0 Å². The second kappa shape index (κ2) is 6.50. The molecule has 0 unspecified atom stereocenters. The van der Waals surface area contributed by atoms with Crippen molar-refractivity contribution in [3.63, 3.8) is 0 Å². The molecule has 1 aliphatic rings. The maximum Gasteiger partial charge on any atom is 0.352 e. The molecule has 0 amide bonds. The van der Waals surface area contributed by atoms with Crippen LogP contribution < -0.4 is 0 Å². The Kier molecular flexibility index (Phi) is 4.88. The molecular weight excluding hydrogens is 307 g/mol. The molecule has 0 atom stereocenters. The van der Waals surface area contributed by atoms with Crippen LogP contribution in [0.15, 0.2) is 30.3 Å². The predicted octanol–water partition coefficient (Wildman–Crippen LogP) is 2.84. The summed E-state index contributed by atoms with van der Waals surface area (Å²) in [6.07, 6.45) is 0.814. The maximum atomic E-state index is 13.2. The van der Waals surface area contributed by atoms with E-state index in [9.17, 15) is 14.3 Å². The van der Waals surface area contributed by atoms with Gasteiger partial charge in [-0.05, 0) is 29.3 Å². The number of hydrogen-bond acceptors (Lipinski definition) is 2. The minimum atomic E-state index is -0.899. The van der Waals surface area contributed by atoms with E-state index in [-0.39, 0.29) is 18.2 Å². The van der Waals surface area contributed by atoms with Gasteiger partial charge in [0.15, 0.2) is 0 Å². The highest BCUT2D eigenvalue weighted by Gasteiger charge is 2.23. The van der Waals surface area contributed by atoms with E-state index in [4.69, 9.17) is 0 Å². The Morgan fingerprint density at radius 3 is 2.82 bits per heavy atom. The molecule has 0 spiro atoms. The molecule has 118 valence electrons. The summed E-state index contributed by atoms with van der Waals surface area (Å²) in [7, 11) is 1.80. The van der Waals surface area contributed by atoms with Crippen LogP contribution in [0.1, 0.15) is 27.3 Å². The fraction of sp³-hybridized carbons (Fsp3) is 0.312. The largest absolute Gasteiger partial charge is 0.477 e. The van der Waals surface area contributed by atoms with E-state index in [1.54, 1.807) is 29.8 Å². The molecule has 4 nitrogen and oxygen atoms in total. The lowest BCUT2D eigenvalue weighted by Gasteiger charge is -2.27. The van der Waals surface area contributed by atoms with Gasteiger partial charge >= 0.3 is 5.97 Å². The fourth-order valence-corrected chi connectivity index (χ4v) is 2.99. The van der Waals surface area contributed by atoms with Gasteiger partial charge in [-0.25, -0.2) is 9.18 Å². The summed E-state index contributed by atoms with van der Waals surface area (Å²) in [4.78, 5) is 13.4. The summed E-state index contributed by atoms with van der Waals surface area (Å²) < 4.78 is 15.0. The standard InChI is InChI=1S/C16H17FN2O2.ClH/c1-18-14-5-6-19(9-11-3-2-4-13(17)7-11)10-12(14)8-15(18)16(20)21;/h2-4,7-8H,5-6,9-10H2,1H3,(H,20,21);1H. The Balaban J connectivity index is 0.00000176. The predicted molar refractivity (Wildman–Crippen MR) is 83.8 cm³/mol. The smallest absolute Gasteiger partial charge is 0.352 e. The Hall–Kier alpha value is -1.85. The average molecular weight is 325 g/mol. The lowest BCUT2D eigenvalue weighted by Crippen LogP contribution is -2.30.